The highest BCUT2D eigenvalue weighted by molar-refractivity contribution is 6.38. The summed E-state index contributed by atoms with van der Waals surface area (Å²) in [5.74, 6) is -1.51. The topological polar surface area (TPSA) is 84.0 Å². The number of esters is 1. The second-order valence-electron chi connectivity index (χ2n) is 10.1. The van der Waals surface area contributed by atoms with Gasteiger partial charge in [-0.3, -0.25) is 19.2 Å². The Bertz CT molecular complexity index is 909. The maximum absolute atomic E-state index is 13.5. The van der Waals surface area contributed by atoms with Gasteiger partial charge < -0.3 is 14.5 Å². The molecular weight excluding hydrogens is 432 g/mol. The van der Waals surface area contributed by atoms with Gasteiger partial charge in [0.15, 0.2) is 0 Å². The SMILES string of the molecule is CC(=O)OCC1(C(=O)C(=O)N2C3CCCC2C(=O)N(CCCCc2ccccc2)C3)CCCC1. The van der Waals surface area contributed by atoms with Crippen LogP contribution < -0.4 is 0 Å². The predicted molar refractivity (Wildman–Crippen MR) is 127 cm³/mol. The number of nitrogens with zero attached hydrogens (tertiary/aromatic N) is 2. The van der Waals surface area contributed by atoms with Crippen LogP contribution in [0.25, 0.3) is 0 Å². The van der Waals surface area contributed by atoms with E-state index in [1.54, 1.807) is 4.90 Å². The molecule has 34 heavy (non-hydrogen) atoms. The molecule has 2 bridgehead atoms. The number of benzene rings is 1. The summed E-state index contributed by atoms with van der Waals surface area (Å²) in [5.41, 5.74) is 0.364. The molecule has 1 aromatic rings. The standard InChI is InChI=1S/C27H36N2O5/c1-20(30)34-19-27(15-6-7-16-27)24(31)26(33)29-22-13-9-14-23(29)25(32)28(18-22)17-8-5-12-21-10-3-2-4-11-21/h2-4,10-11,22-23H,5-9,12-19H2,1H3. The number of ether oxygens (including phenoxy) is 1. The highest BCUT2D eigenvalue weighted by Crippen LogP contribution is 2.41. The van der Waals surface area contributed by atoms with E-state index in [0.717, 1.165) is 44.9 Å². The van der Waals surface area contributed by atoms with Crippen LogP contribution in [0.15, 0.2) is 30.3 Å². The zero-order valence-electron chi connectivity index (χ0n) is 20.2. The lowest BCUT2D eigenvalue weighted by molar-refractivity contribution is -0.167. The maximum atomic E-state index is 13.5. The number of piperidine rings is 1. The zero-order valence-corrected chi connectivity index (χ0v) is 20.2. The van der Waals surface area contributed by atoms with E-state index in [4.69, 9.17) is 4.74 Å². The fourth-order valence-corrected chi connectivity index (χ4v) is 5.91. The lowest BCUT2D eigenvalue weighted by atomic mass is 9.80. The van der Waals surface area contributed by atoms with Crippen molar-refractivity contribution >= 4 is 23.6 Å². The molecule has 2 atom stereocenters. The highest BCUT2D eigenvalue weighted by atomic mass is 16.5. The number of piperazine rings is 1. The Morgan fingerprint density at radius 1 is 1.03 bits per heavy atom. The number of carbonyl (C=O) groups is 4. The molecule has 0 radical (unpaired) electrons. The van der Waals surface area contributed by atoms with Crippen LogP contribution in [-0.4, -0.2) is 65.1 Å². The summed E-state index contributed by atoms with van der Waals surface area (Å²) >= 11 is 0. The lowest BCUT2D eigenvalue weighted by Crippen LogP contribution is -2.67. The maximum Gasteiger partial charge on any atom is 0.302 e. The Morgan fingerprint density at radius 2 is 1.76 bits per heavy atom. The quantitative estimate of drug-likeness (QED) is 0.315. The molecule has 2 heterocycles. The van der Waals surface area contributed by atoms with Crippen molar-refractivity contribution in [2.75, 3.05) is 19.7 Å². The van der Waals surface area contributed by atoms with Gasteiger partial charge in [-0.1, -0.05) is 43.2 Å². The third-order valence-corrected chi connectivity index (χ3v) is 7.78. The summed E-state index contributed by atoms with van der Waals surface area (Å²) in [6.07, 6.45) is 7.98. The van der Waals surface area contributed by atoms with Crippen LogP contribution in [0.2, 0.25) is 0 Å². The number of unbranched alkanes of at least 4 members (excludes halogenated alkanes) is 1. The van der Waals surface area contributed by atoms with Crippen LogP contribution in [-0.2, 0) is 30.3 Å². The van der Waals surface area contributed by atoms with Crippen LogP contribution in [0.3, 0.4) is 0 Å². The number of carbonyl (C=O) groups excluding carboxylic acids is 4. The number of hydrogen-bond acceptors (Lipinski definition) is 5. The van der Waals surface area contributed by atoms with Gasteiger partial charge in [0.1, 0.15) is 12.6 Å². The Hall–Kier alpha value is -2.70. The van der Waals surface area contributed by atoms with Gasteiger partial charge >= 0.3 is 5.97 Å². The van der Waals surface area contributed by atoms with Crippen molar-refractivity contribution in [3.05, 3.63) is 35.9 Å². The average Bonchev–Trinajstić information content (AvgIpc) is 3.33. The summed E-state index contributed by atoms with van der Waals surface area (Å²) in [5, 5.41) is 0. The Morgan fingerprint density at radius 3 is 2.47 bits per heavy atom. The third-order valence-electron chi connectivity index (χ3n) is 7.78. The first kappa shape index (κ1) is 24.4. The number of amides is 2. The minimum absolute atomic E-state index is 0.0303. The number of Topliss-reactive ketones (excluding diaryl/α,β-unsaturated/α-hetero) is 1. The van der Waals surface area contributed by atoms with E-state index >= 15 is 0 Å². The summed E-state index contributed by atoms with van der Waals surface area (Å²) in [7, 11) is 0. The normalized spacial score (nSPS) is 23.6. The molecule has 2 amide bonds. The van der Waals surface area contributed by atoms with Crippen molar-refractivity contribution in [2.45, 2.75) is 83.2 Å². The largest absolute Gasteiger partial charge is 0.465 e. The molecule has 1 saturated carbocycles. The number of aryl methyl sites for hydroxylation is 1. The molecule has 4 rings (SSSR count). The Balaban J connectivity index is 1.39. The lowest BCUT2D eigenvalue weighted by Gasteiger charge is -2.49. The van der Waals surface area contributed by atoms with Crippen molar-refractivity contribution in [2.24, 2.45) is 5.41 Å². The van der Waals surface area contributed by atoms with Gasteiger partial charge in [0.2, 0.25) is 11.7 Å². The molecule has 2 saturated heterocycles. The van der Waals surface area contributed by atoms with E-state index in [0.29, 0.717) is 32.4 Å². The molecular formula is C27H36N2O5. The van der Waals surface area contributed by atoms with Gasteiger partial charge in [0.25, 0.3) is 5.91 Å². The molecule has 2 unspecified atom stereocenters. The second-order valence-corrected chi connectivity index (χ2v) is 10.1. The van der Waals surface area contributed by atoms with E-state index in [1.807, 2.05) is 23.1 Å². The fourth-order valence-electron chi connectivity index (χ4n) is 5.91. The third kappa shape index (κ3) is 5.18. The fraction of sp³-hybridized carbons (Fsp3) is 0.630. The van der Waals surface area contributed by atoms with Crippen molar-refractivity contribution in [3.8, 4) is 0 Å². The highest BCUT2D eigenvalue weighted by Gasteiger charge is 2.52. The van der Waals surface area contributed by atoms with E-state index < -0.39 is 29.1 Å². The molecule has 7 heteroatoms. The van der Waals surface area contributed by atoms with Gasteiger partial charge in [0, 0.05) is 20.0 Å². The molecule has 7 nitrogen and oxygen atoms in total. The molecule has 184 valence electrons. The zero-order chi connectivity index (χ0) is 24.1. The van der Waals surface area contributed by atoms with Gasteiger partial charge in [-0.2, -0.15) is 0 Å². The van der Waals surface area contributed by atoms with E-state index in [2.05, 4.69) is 12.1 Å². The molecule has 0 N–H and O–H groups in total. The summed E-state index contributed by atoms with van der Waals surface area (Å²) in [4.78, 5) is 55.1. The van der Waals surface area contributed by atoms with Crippen LogP contribution in [0.5, 0.6) is 0 Å². The minimum atomic E-state index is -0.936. The summed E-state index contributed by atoms with van der Waals surface area (Å²) in [6, 6.07) is 9.67. The molecule has 0 spiro atoms. The summed E-state index contributed by atoms with van der Waals surface area (Å²) in [6.45, 7) is 2.45. The van der Waals surface area contributed by atoms with E-state index in [9.17, 15) is 19.2 Å². The number of likely N-dealkylation sites (tertiary alicyclic amines) is 1. The van der Waals surface area contributed by atoms with Crippen molar-refractivity contribution < 1.29 is 23.9 Å². The molecule has 3 aliphatic rings. The average molecular weight is 469 g/mol. The monoisotopic (exact) mass is 468 g/mol. The van der Waals surface area contributed by atoms with Crippen LogP contribution >= 0.6 is 0 Å². The molecule has 2 aliphatic heterocycles. The summed E-state index contributed by atoms with van der Waals surface area (Å²) < 4.78 is 5.20. The van der Waals surface area contributed by atoms with Crippen LogP contribution in [0, 0.1) is 5.41 Å². The van der Waals surface area contributed by atoms with Gasteiger partial charge in [-0.05, 0) is 56.9 Å². The van der Waals surface area contributed by atoms with Crippen molar-refractivity contribution in [1.29, 1.82) is 0 Å². The number of ketones is 1. The number of rotatable bonds is 9. The second kappa shape index (κ2) is 10.7. The van der Waals surface area contributed by atoms with Gasteiger partial charge in [-0.15, -0.1) is 0 Å². The van der Waals surface area contributed by atoms with Gasteiger partial charge in [-0.25, -0.2) is 0 Å². The first-order valence-corrected chi connectivity index (χ1v) is 12.7. The Kier molecular flexibility index (Phi) is 7.69. The molecule has 3 fully saturated rings. The molecule has 1 aromatic carbocycles. The molecule has 0 aromatic heterocycles. The predicted octanol–water partition coefficient (Wildman–Crippen LogP) is 3.29. The van der Waals surface area contributed by atoms with E-state index in [-0.39, 0.29) is 18.6 Å². The van der Waals surface area contributed by atoms with E-state index in [1.165, 1.54) is 12.5 Å². The van der Waals surface area contributed by atoms with Gasteiger partial charge in [0.05, 0.1) is 11.5 Å². The van der Waals surface area contributed by atoms with Crippen molar-refractivity contribution in [3.63, 3.8) is 0 Å². The van der Waals surface area contributed by atoms with Crippen LogP contribution in [0.1, 0.15) is 70.3 Å². The first-order valence-electron chi connectivity index (χ1n) is 12.7. The Labute approximate surface area is 201 Å². The number of hydrogen-bond donors (Lipinski definition) is 0. The first-order chi connectivity index (χ1) is 16.4. The van der Waals surface area contributed by atoms with Crippen LogP contribution in [0.4, 0.5) is 0 Å². The molecule has 1 aliphatic carbocycles. The van der Waals surface area contributed by atoms with Crippen molar-refractivity contribution in [1.82, 2.24) is 9.80 Å². The number of fused-ring (bicyclic) bond motifs is 2. The minimum Gasteiger partial charge on any atom is -0.465 e. The smallest absolute Gasteiger partial charge is 0.302 e.